The summed E-state index contributed by atoms with van der Waals surface area (Å²) in [4.78, 5) is 11.1. The summed E-state index contributed by atoms with van der Waals surface area (Å²) in [5.41, 5.74) is 0. The van der Waals surface area contributed by atoms with Gasteiger partial charge in [-0.05, 0) is 39.0 Å². The van der Waals surface area contributed by atoms with Crippen molar-refractivity contribution in [2.45, 2.75) is 32.3 Å². The lowest BCUT2D eigenvalue weighted by Crippen LogP contribution is -2.19. The van der Waals surface area contributed by atoms with Crippen LogP contribution in [0.1, 0.15) is 26.2 Å². The van der Waals surface area contributed by atoms with Crippen molar-refractivity contribution in [3.63, 3.8) is 0 Å². The van der Waals surface area contributed by atoms with E-state index in [-0.39, 0.29) is 5.97 Å². The van der Waals surface area contributed by atoms with Crippen molar-refractivity contribution in [1.82, 2.24) is 0 Å². The molecule has 0 aromatic rings. The van der Waals surface area contributed by atoms with E-state index < -0.39 is 6.10 Å². The van der Waals surface area contributed by atoms with Crippen LogP contribution in [0.3, 0.4) is 0 Å². The first-order valence-electron chi connectivity index (χ1n) is 5.40. The fourth-order valence-electron chi connectivity index (χ4n) is 1.51. The van der Waals surface area contributed by atoms with E-state index in [4.69, 9.17) is 4.74 Å². The van der Waals surface area contributed by atoms with Crippen LogP contribution in [0.2, 0.25) is 0 Å². The Hall–Kier alpha value is 0.160. The van der Waals surface area contributed by atoms with Crippen molar-refractivity contribution < 1.29 is 14.6 Å². The van der Waals surface area contributed by atoms with Crippen molar-refractivity contribution in [2.24, 2.45) is 0 Å². The number of hydrogen-bond donors (Lipinski definition) is 1. The van der Waals surface area contributed by atoms with E-state index in [0.717, 1.165) is 9.84 Å². The average molecular weight is 335 g/mol. The summed E-state index contributed by atoms with van der Waals surface area (Å²) in [6.45, 7) is 2.21. The minimum atomic E-state index is -0.476. The highest BCUT2D eigenvalue weighted by molar-refractivity contribution is 14.1. The Bertz CT molecular complexity index is 220. The number of carbonyl (C=O) groups excluding carboxylic acids is 1. The van der Waals surface area contributed by atoms with Crippen LogP contribution in [-0.4, -0.2) is 23.8 Å². The van der Waals surface area contributed by atoms with Gasteiger partial charge in [-0.15, -0.1) is 0 Å². The molecule has 0 aliphatic heterocycles. The first-order valence-corrected chi connectivity index (χ1v) is 6.47. The third-order valence-electron chi connectivity index (χ3n) is 2.32. The van der Waals surface area contributed by atoms with Gasteiger partial charge in [-0.1, -0.05) is 22.6 Å². The van der Waals surface area contributed by atoms with Gasteiger partial charge in [-0.25, -0.2) is 0 Å². The molecular formula is C12H16IO3. The molecule has 1 aliphatic carbocycles. The monoisotopic (exact) mass is 335 g/mol. The maximum absolute atomic E-state index is 11.1. The summed E-state index contributed by atoms with van der Waals surface area (Å²) in [6.07, 6.45) is 6.95. The van der Waals surface area contributed by atoms with E-state index in [2.05, 4.69) is 22.6 Å². The van der Waals surface area contributed by atoms with Gasteiger partial charge in [-0.2, -0.15) is 0 Å². The van der Waals surface area contributed by atoms with E-state index in [9.17, 15) is 9.90 Å². The van der Waals surface area contributed by atoms with Crippen molar-refractivity contribution in [3.05, 3.63) is 29.1 Å². The van der Waals surface area contributed by atoms with Crippen molar-refractivity contribution in [2.75, 3.05) is 6.61 Å². The summed E-state index contributed by atoms with van der Waals surface area (Å²) in [7, 11) is 0. The molecule has 0 amide bonds. The molecule has 5 radical (unpaired) electrons. The highest BCUT2D eigenvalue weighted by atomic mass is 127. The third kappa shape index (κ3) is 4.57. The Labute approximate surface area is 111 Å². The molecule has 1 saturated carbocycles. The van der Waals surface area contributed by atoms with Gasteiger partial charge in [-0.3, -0.25) is 4.79 Å². The molecule has 1 N–H and O–H groups in total. The maximum Gasteiger partial charge on any atom is 0.305 e. The van der Waals surface area contributed by atoms with Gasteiger partial charge >= 0.3 is 5.97 Å². The fourth-order valence-corrected chi connectivity index (χ4v) is 2.26. The Balaban J connectivity index is 2.14. The van der Waals surface area contributed by atoms with E-state index in [0.29, 0.717) is 25.9 Å². The number of aliphatic hydroxyl groups excluding tert-OH is 1. The molecule has 1 rings (SSSR count). The number of hydrogen-bond acceptors (Lipinski definition) is 3. The van der Waals surface area contributed by atoms with Gasteiger partial charge in [0.05, 0.1) is 16.6 Å². The molecule has 0 saturated heterocycles. The van der Waals surface area contributed by atoms with Gasteiger partial charge in [0.1, 0.15) is 0 Å². The quantitative estimate of drug-likeness (QED) is 0.598. The van der Waals surface area contributed by atoms with Crippen LogP contribution < -0.4 is 0 Å². The smallest absolute Gasteiger partial charge is 0.305 e. The van der Waals surface area contributed by atoms with Crippen LogP contribution in [0.4, 0.5) is 0 Å². The van der Waals surface area contributed by atoms with Crippen molar-refractivity contribution in [1.29, 1.82) is 0 Å². The lowest BCUT2D eigenvalue weighted by molar-refractivity contribution is -0.143. The maximum atomic E-state index is 11.1. The Morgan fingerprint density at radius 2 is 2.31 bits per heavy atom. The normalized spacial score (nSPS) is 19.9. The van der Waals surface area contributed by atoms with Crippen LogP contribution in [0.5, 0.6) is 0 Å². The molecular weight excluding hydrogens is 319 g/mol. The second-order valence-corrected chi connectivity index (χ2v) is 4.70. The second-order valence-electron chi connectivity index (χ2n) is 3.54. The van der Waals surface area contributed by atoms with Crippen molar-refractivity contribution >= 4 is 28.6 Å². The predicted molar refractivity (Wildman–Crippen MR) is 69.9 cm³/mol. The molecule has 0 spiro atoms. The molecule has 0 heterocycles. The number of halogens is 1. The van der Waals surface area contributed by atoms with Crippen LogP contribution in [0, 0.1) is 29.1 Å². The standard InChI is InChI=1S/C12H16IO3/c1-2-16-12(15)8-4-7-11(14)9-5-3-6-10(9)13/h3,5-6,11,14H,2,4,7-8H2,1H3/t11-/m0/s1. The lowest BCUT2D eigenvalue weighted by atomic mass is 9.96. The first kappa shape index (κ1) is 14.2. The van der Waals surface area contributed by atoms with Crippen molar-refractivity contribution in [3.8, 4) is 0 Å². The summed E-state index contributed by atoms with van der Waals surface area (Å²) in [6, 6.07) is 0. The molecule has 1 aliphatic rings. The summed E-state index contributed by atoms with van der Waals surface area (Å²) >= 11 is 2.20. The number of rotatable bonds is 6. The van der Waals surface area contributed by atoms with E-state index >= 15 is 0 Å². The molecule has 0 bridgehead atoms. The van der Waals surface area contributed by atoms with Crippen LogP contribution >= 0.6 is 22.6 Å². The molecule has 16 heavy (non-hydrogen) atoms. The number of carbonyl (C=O) groups is 1. The molecule has 1 fully saturated rings. The SMILES string of the molecule is CCOC(=O)CCC[C@H](O)[C]1[CH][CH][CH][C]1I. The summed E-state index contributed by atoms with van der Waals surface area (Å²) in [5.74, 6) is 0.761. The highest BCUT2D eigenvalue weighted by Gasteiger charge is 2.32. The Morgan fingerprint density at radius 3 is 2.88 bits per heavy atom. The zero-order valence-electron chi connectivity index (χ0n) is 9.28. The first-order chi connectivity index (χ1) is 7.65. The summed E-state index contributed by atoms with van der Waals surface area (Å²) in [5, 5.41) is 9.88. The summed E-state index contributed by atoms with van der Waals surface area (Å²) < 4.78 is 5.89. The van der Waals surface area contributed by atoms with E-state index in [1.54, 1.807) is 6.92 Å². The molecule has 0 unspecified atom stereocenters. The van der Waals surface area contributed by atoms with E-state index in [1.807, 2.05) is 19.3 Å². The van der Waals surface area contributed by atoms with Crippen LogP contribution in [0.15, 0.2) is 0 Å². The zero-order chi connectivity index (χ0) is 12.0. The molecule has 89 valence electrons. The van der Waals surface area contributed by atoms with Gasteiger partial charge in [0.2, 0.25) is 0 Å². The van der Waals surface area contributed by atoms with Crippen LogP contribution in [-0.2, 0) is 9.53 Å². The van der Waals surface area contributed by atoms with Gasteiger partial charge < -0.3 is 9.84 Å². The molecule has 0 aromatic carbocycles. The molecule has 4 heteroatoms. The van der Waals surface area contributed by atoms with Gasteiger partial charge in [0, 0.05) is 12.3 Å². The second kappa shape index (κ2) is 7.48. The molecule has 0 aromatic heterocycles. The fraction of sp³-hybridized carbons (Fsp3) is 0.500. The predicted octanol–water partition coefficient (Wildman–Crippen LogP) is 2.25. The van der Waals surface area contributed by atoms with E-state index in [1.165, 1.54) is 0 Å². The third-order valence-corrected chi connectivity index (χ3v) is 3.30. The molecule has 1 atom stereocenters. The Kier molecular flexibility index (Phi) is 6.65. The zero-order valence-corrected chi connectivity index (χ0v) is 11.4. The minimum absolute atomic E-state index is 0.188. The van der Waals surface area contributed by atoms with Crippen LogP contribution in [0.25, 0.3) is 0 Å². The largest absolute Gasteiger partial charge is 0.466 e. The lowest BCUT2D eigenvalue weighted by Gasteiger charge is -2.19. The Morgan fingerprint density at radius 1 is 1.56 bits per heavy atom. The topological polar surface area (TPSA) is 46.5 Å². The van der Waals surface area contributed by atoms with Gasteiger partial charge in [0.25, 0.3) is 0 Å². The number of aliphatic hydroxyl groups is 1. The highest BCUT2D eigenvalue weighted by Crippen LogP contribution is 2.41. The number of esters is 1. The molecule has 3 nitrogen and oxygen atoms in total. The average Bonchev–Trinajstić information content (AvgIpc) is 2.64. The van der Waals surface area contributed by atoms with Gasteiger partial charge in [0.15, 0.2) is 0 Å². The minimum Gasteiger partial charge on any atom is -0.466 e. The number of ether oxygens (including phenoxy) is 1.